The van der Waals surface area contributed by atoms with Gasteiger partial charge in [0.1, 0.15) is 0 Å². The number of rotatable bonds is 7. The van der Waals surface area contributed by atoms with Crippen LogP contribution >= 0.6 is 24.0 Å². The molecule has 2 saturated heterocycles. The Balaban J connectivity index is 0.00000392. The first-order chi connectivity index (χ1) is 12.8. The van der Waals surface area contributed by atoms with E-state index in [1.165, 1.54) is 0 Å². The Labute approximate surface area is 186 Å². The molecule has 8 nitrogen and oxygen atoms in total. The van der Waals surface area contributed by atoms with Gasteiger partial charge in [0.15, 0.2) is 15.8 Å². The van der Waals surface area contributed by atoms with Gasteiger partial charge in [-0.3, -0.25) is 9.79 Å². The third-order valence-corrected chi connectivity index (χ3v) is 6.92. The number of halogens is 1. The highest BCUT2D eigenvalue weighted by Gasteiger charge is 2.28. The minimum Gasteiger partial charge on any atom is -0.357 e. The van der Waals surface area contributed by atoms with Gasteiger partial charge < -0.3 is 20.9 Å². The third-order valence-electron chi connectivity index (χ3n) is 5.15. The van der Waals surface area contributed by atoms with Crippen LogP contribution in [0.25, 0.3) is 0 Å². The van der Waals surface area contributed by atoms with Crippen LogP contribution in [0.3, 0.4) is 0 Å². The van der Waals surface area contributed by atoms with Crippen molar-refractivity contribution < 1.29 is 13.2 Å². The monoisotopic (exact) mass is 529 g/mol. The van der Waals surface area contributed by atoms with Gasteiger partial charge in [-0.15, -0.1) is 24.0 Å². The zero-order valence-electron chi connectivity index (χ0n) is 17.2. The lowest BCUT2D eigenvalue weighted by molar-refractivity contribution is -0.121. The van der Waals surface area contributed by atoms with E-state index in [2.05, 4.69) is 39.7 Å². The van der Waals surface area contributed by atoms with Crippen LogP contribution in [0.1, 0.15) is 46.5 Å². The summed E-state index contributed by atoms with van der Waals surface area (Å²) in [6, 6.07) is 0.737. The van der Waals surface area contributed by atoms with Crippen molar-refractivity contribution in [1.29, 1.82) is 0 Å². The summed E-state index contributed by atoms with van der Waals surface area (Å²) >= 11 is 0. The summed E-state index contributed by atoms with van der Waals surface area (Å²) in [5, 5.41) is 9.51. The number of hydrogen-bond acceptors (Lipinski definition) is 5. The lowest BCUT2D eigenvalue weighted by Crippen LogP contribution is -2.50. The number of carbonyl (C=O) groups excluding carboxylic acids is 1. The summed E-state index contributed by atoms with van der Waals surface area (Å²) in [6.45, 7) is 9.79. The van der Waals surface area contributed by atoms with E-state index >= 15 is 0 Å². The number of nitrogens with zero attached hydrogens (tertiary/aromatic N) is 2. The van der Waals surface area contributed by atoms with Crippen molar-refractivity contribution >= 4 is 45.7 Å². The van der Waals surface area contributed by atoms with Gasteiger partial charge in [-0.2, -0.15) is 0 Å². The maximum Gasteiger partial charge on any atom is 0.222 e. The molecule has 3 N–H and O–H groups in total. The first kappa shape index (κ1) is 25.4. The first-order valence-corrected chi connectivity index (χ1v) is 11.9. The van der Waals surface area contributed by atoms with Crippen molar-refractivity contribution in [2.75, 3.05) is 37.7 Å². The Hall–Kier alpha value is -0.620. The van der Waals surface area contributed by atoms with Crippen molar-refractivity contribution in [1.82, 2.24) is 20.9 Å². The summed E-state index contributed by atoms with van der Waals surface area (Å²) in [4.78, 5) is 19.0. The molecule has 0 spiro atoms. The highest BCUT2D eigenvalue weighted by molar-refractivity contribution is 14.0. The van der Waals surface area contributed by atoms with Gasteiger partial charge >= 0.3 is 0 Å². The van der Waals surface area contributed by atoms with Crippen LogP contribution in [0.2, 0.25) is 0 Å². The van der Waals surface area contributed by atoms with Gasteiger partial charge in [0.05, 0.1) is 18.1 Å². The molecule has 0 aromatic rings. The van der Waals surface area contributed by atoms with Crippen molar-refractivity contribution in [3.05, 3.63) is 0 Å². The van der Waals surface area contributed by atoms with Crippen LogP contribution in [0, 0.1) is 0 Å². The SMILES string of the molecule is CCNC(=NCCC(=O)NC1CCS(=O)(=O)C1)NC1CCN(C(C)C)CC1.I. The smallest absolute Gasteiger partial charge is 0.222 e. The van der Waals surface area contributed by atoms with Crippen molar-refractivity contribution in [2.24, 2.45) is 4.99 Å². The maximum absolute atomic E-state index is 12.0. The quantitative estimate of drug-likeness (QED) is 0.255. The molecule has 1 unspecified atom stereocenters. The molecule has 2 rings (SSSR count). The number of guanidine groups is 1. The molecule has 0 saturated carbocycles. The largest absolute Gasteiger partial charge is 0.357 e. The minimum atomic E-state index is -2.97. The van der Waals surface area contributed by atoms with E-state index in [4.69, 9.17) is 0 Å². The average Bonchev–Trinajstić information content (AvgIpc) is 2.94. The van der Waals surface area contributed by atoms with Crippen LogP contribution in [0.15, 0.2) is 4.99 Å². The fourth-order valence-electron chi connectivity index (χ4n) is 3.55. The van der Waals surface area contributed by atoms with Gasteiger partial charge in [0, 0.05) is 44.2 Å². The summed E-state index contributed by atoms with van der Waals surface area (Å²) in [6.07, 6.45) is 2.94. The molecule has 0 aromatic heterocycles. The van der Waals surface area contributed by atoms with Crippen molar-refractivity contribution in [3.8, 4) is 0 Å². The molecule has 164 valence electrons. The Morgan fingerprint density at radius 1 is 1.14 bits per heavy atom. The van der Waals surface area contributed by atoms with Gasteiger partial charge in [0.25, 0.3) is 0 Å². The summed E-state index contributed by atoms with van der Waals surface area (Å²) in [7, 11) is -2.97. The molecular formula is C18H36IN5O3S. The van der Waals surface area contributed by atoms with Gasteiger partial charge in [-0.1, -0.05) is 0 Å². The molecule has 0 aromatic carbocycles. The molecule has 0 bridgehead atoms. The van der Waals surface area contributed by atoms with E-state index < -0.39 is 9.84 Å². The standard InChI is InChI=1S/C18H35N5O3S.HI/c1-4-19-18(22-15-6-10-23(11-7-15)14(2)3)20-9-5-17(24)21-16-8-12-27(25,26)13-16;/h14-16H,4-13H2,1-3H3,(H,21,24)(H2,19,20,22);1H. The molecule has 0 aliphatic carbocycles. The minimum absolute atomic E-state index is 0. The second-order valence-corrected chi connectivity index (χ2v) is 9.96. The van der Waals surface area contributed by atoms with Gasteiger partial charge in [-0.05, 0) is 40.0 Å². The number of amides is 1. The van der Waals surface area contributed by atoms with Crippen LogP contribution < -0.4 is 16.0 Å². The molecule has 1 amide bonds. The van der Waals surface area contributed by atoms with Crippen LogP contribution in [-0.4, -0.2) is 81.0 Å². The average molecular weight is 529 g/mol. The van der Waals surface area contributed by atoms with E-state index in [0.717, 1.165) is 38.4 Å². The van der Waals surface area contributed by atoms with E-state index in [1.807, 2.05) is 6.92 Å². The fraction of sp³-hybridized carbons (Fsp3) is 0.889. The normalized spacial score (nSPS) is 23.3. The molecular weight excluding hydrogens is 493 g/mol. The van der Waals surface area contributed by atoms with Gasteiger partial charge in [0.2, 0.25) is 5.91 Å². The van der Waals surface area contributed by atoms with Crippen LogP contribution in [0.5, 0.6) is 0 Å². The lowest BCUT2D eigenvalue weighted by Gasteiger charge is -2.35. The number of nitrogens with one attached hydrogen (secondary N) is 3. The van der Waals surface area contributed by atoms with E-state index in [0.29, 0.717) is 25.0 Å². The van der Waals surface area contributed by atoms with Crippen molar-refractivity contribution in [2.45, 2.75) is 64.6 Å². The van der Waals surface area contributed by atoms with E-state index in [1.54, 1.807) is 0 Å². The fourth-order valence-corrected chi connectivity index (χ4v) is 5.22. The molecule has 0 radical (unpaired) electrons. The summed E-state index contributed by atoms with van der Waals surface area (Å²) < 4.78 is 22.9. The molecule has 2 aliphatic heterocycles. The number of likely N-dealkylation sites (tertiary alicyclic amines) is 1. The second-order valence-electron chi connectivity index (χ2n) is 7.73. The highest BCUT2D eigenvalue weighted by atomic mass is 127. The molecule has 10 heteroatoms. The number of aliphatic imine (C=N–C) groups is 1. The van der Waals surface area contributed by atoms with E-state index in [-0.39, 0.29) is 53.9 Å². The predicted molar refractivity (Wildman–Crippen MR) is 124 cm³/mol. The number of hydrogen-bond donors (Lipinski definition) is 3. The summed E-state index contributed by atoms with van der Waals surface area (Å²) in [5.41, 5.74) is 0. The van der Waals surface area contributed by atoms with Gasteiger partial charge in [-0.25, -0.2) is 8.42 Å². The van der Waals surface area contributed by atoms with E-state index in [9.17, 15) is 13.2 Å². The number of sulfone groups is 1. The third kappa shape index (κ3) is 8.81. The van der Waals surface area contributed by atoms with Crippen LogP contribution in [-0.2, 0) is 14.6 Å². The topological polar surface area (TPSA) is 103 Å². The maximum atomic E-state index is 12.0. The molecule has 28 heavy (non-hydrogen) atoms. The number of carbonyl (C=O) groups is 1. The Morgan fingerprint density at radius 3 is 2.36 bits per heavy atom. The Morgan fingerprint density at radius 2 is 1.82 bits per heavy atom. The zero-order valence-corrected chi connectivity index (χ0v) is 20.4. The zero-order chi connectivity index (χ0) is 19.9. The molecule has 1 atom stereocenters. The number of piperidine rings is 1. The Kier molecular flexibility index (Phi) is 11.0. The van der Waals surface area contributed by atoms with Crippen molar-refractivity contribution in [3.63, 3.8) is 0 Å². The molecule has 2 aliphatic rings. The molecule has 2 fully saturated rings. The van der Waals surface area contributed by atoms with Crippen LogP contribution in [0.4, 0.5) is 0 Å². The lowest BCUT2D eigenvalue weighted by atomic mass is 10.0. The first-order valence-electron chi connectivity index (χ1n) is 10.1. The Bertz CT molecular complexity index is 619. The molecule has 2 heterocycles. The second kappa shape index (κ2) is 12.2. The highest BCUT2D eigenvalue weighted by Crippen LogP contribution is 2.13. The summed E-state index contributed by atoms with van der Waals surface area (Å²) in [5.74, 6) is 0.834. The predicted octanol–water partition coefficient (Wildman–Crippen LogP) is 0.726.